The van der Waals surface area contributed by atoms with E-state index < -0.39 is 11.8 Å². The van der Waals surface area contributed by atoms with Crippen molar-refractivity contribution in [2.24, 2.45) is 10.8 Å². The molecule has 0 unspecified atom stereocenters. The lowest BCUT2D eigenvalue weighted by Crippen LogP contribution is -2.22. The zero-order chi connectivity index (χ0) is 17.7. The number of carbonyl (C=O) groups is 1. The molecule has 0 saturated heterocycles. The van der Waals surface area contributed by atoms with Crippen LogP contribution < -0.4 is 11.2 Å². The third kappa shape index (κ3) is 3.75. The Morgan fingerprint density at radius 1 is 1.25 bits per heavy atom. The Bertz CT molecular complexity index is 864. The van der Waals surface area contributed by atoms with Crippen molar-refractivity contribution in [3.05, 3.63) is 53.6 Å². The average molecular weight is 321 g/mol. The minimum Gasteiger partial charge on any atom is -0.478 e. The summed E-state index contributed by atoms with van der Waals surface area (Å²) in [4.78, 5) is 11.5. The molecule has 0 heterocycles. The second kappa shape index (κ2) is 7.07. The number of rotatable bonds is 5. The molecule has 0 amide bonds. The predicted molar refractivity (Wildman–Crippen MR) is 92.2 cm³/mol. The fourth-order valence-corrected chi connectivity index (χ4v) is 2.01. The summed E-state index contributed by atoms with van der Waals surface area (Å²) in [6.45, 7) is 1.97. The normalized spacial score (nSPS) is 10.8. The van der Waals surface area contributed by atoms with E-state index in [2.05, 4.69) is 10.5 Å². The van der Waals surface area contributed by atoms with Crippen LogP contribution in [-0.2, 0) is 0 Å². The molecule has 7 heteroatoms. The maximum absolute atomic E-state index is 11.5. The van der Waals surface area contributed by atoms with Crippen molar-refractivity contribution in [2.45, 2.75) is 6.92 Å². The molecule has 24 heavy (non-hydrogen) atoms. The van der Waals surface area contributed by atoms with Crippen LogP contribution in [0.2, 0.25) is 0 Å². The minimum atomic E-state index is -1.14. The summed E-state index contributed by atoms with van der Waals surface area (Å²) in [5, 5.41) is 29.1. The number of hydrogen-bond donors (Lipinski definition) is 4. The van der Waals surface area contributed by atoms with E-state index in [0.717, 1.165) is 16.7 Å². The van der Waals surface area contributed by atoms with Gasteiger partial charge >= 0.3 is 5.97 Å². The molecule has 0 fully saturated rings. The number of anilines is 1. The van der Waals surface area contributed by atoms with Crippen LogP contribution in [0.1, 0.15) is 15.9 Å². The van der Waals surface area contributed by atoms with Gasteiger partial charge in [-0.15, -0.1) is 0 Å². The molecule has 0 bridgehead atoms. The minimum absolute atomic E-state index is 0.00216. The molecule has 2 aromatic carbocycles. The highest BCUT2D eigenvalue weighted by Crippen LogP contribution is 2.26. The van der Waals surface area contributed by atoms with Gasteiger partial charge in [0.25, 0.3) is 0 Å². The number of nitrogens with two attached hydrogens (primary N) is 1. The number of carboxylic acids is 1. The smallest absolute Gasteiger partial charge is 0.337 e. The van der Waals surface area contributed by atoms with Crippen molar-refractivity contribution in [2.75, 3.05) is 5.43 Å². The molecule has 0 atom stereocenters. The number of nitriles is 1. The van der Waals surface area contributed by atoms with Gasteiger partial charge in [-0.2, -0.15) is 10.4 Å². The number of benzene rings is 2. The first-order valence-corrected chi connectivity index (χ1v) is 6.95. The Kier molecular flexibility index (Phi) is 4.92. The molecule has 2 rings (SSSR count). The molecule has 120 valence electrons. The number of carboxylic acid groups (broad SMARTS) is 1. The van der Waals surface area contributed by atoms with Crippen LogP contribution in [0.15, 0.2) is 47.6 Å². The topological polar surface area (TPSA) is 135 Å². The lowest BCUT2D eigenvalue weighted by Gasteiger charge is -2.09. The summed E-state index contributed by atoms with van der Waals surface area (Å²) in [5.41, 5.74) is 10.3. The van der Waals surface area contributed by atoms with Gasteiger partial charge in [-0.1, -0.05) is 35.9 Å². The van der Waals surface area contributed by atoms with Crippen LogP contribution in [0.4, 0.5) is 5.69 Å². The van der Waals surface area contributed by atoms with Crippen LogP contribution >= 0.6 is 0 Å². The van der Waals surface area contributed by atoms with Gasteiger partial charge in [0.2, 0.25) is 5.71 Å². The van der Waals surface area contributed by atoms with Crippen LogP contribution in [-0.4, -0.2) is 22.6 Å². The Labute approximate surface area is 138 Å². The summed E-state index contributed by atoms with van der Waals surface area (Å²) in [7, 11) is 0. The third-order valence-corrected chi connectivity index (χ3v) is 3.28. The number of hydrazone groups is 1. The number of nitrogens with one attached hydrogen (secondary N) is 2. The fraction of sp³-hybridized carbons (Fsp3) is 0.0588. The maximum atomic E-state index is 11.5. The van der Waals surface area contributed by atoms with E-state index in [-0.39, 0.29) is 17.0 Å². The SMILES string of the molecule is Cc1ccc(-c2ccc(N/N=C(\C#N)C(=N)N)c(C(=O)O)c2)cc1. The van der Waals surface area contributed by atoms with Crippen molar-refractivity contribution in [1.29, 1.82) is 10.7 Å². The standard InChI is InChI=1S/C17H15N5O2/c1-10-2-4-11(5-3-10)12-6-7-14(13(8-12)17(23)24)21-22-15(9-18)16(19)20/h2-8,21H,1H3,(H3,19,20)(H,23,24)/b22-15+. The van der Waals surface area contributed by atoms with Crippen LogP contribution in [0.5, 0.6) is 0 Å². The largest absolute Gasteiger partial charge is 0.478 e. The van der Waals surface area contributed by atoms with Gasteiger partial charge in [-0.25, -0.2) is 4.79 Å². The monoisotopic (exact) mass is 321 g/mol. The molecule has 7 nitrogen and oxygen atoms in total. The summed E-state index contributed by atoms with van der Waals surface area (Å²) in [6.07, 6.45) is 0. The van der Waals surface area contributed by atoms with Gasteiger partial charge < -0.3 is 10.8 Å². The van der Waals surface area contributed by atoms with E-state index in [1.807, 2.05) is 31.2 Å². The lowest BCUT2D eigenvalue weighted by atomic mass is 10.0. The molecule has 0 aliphatic rings. The van der Waals surface area contributed by atoms with Crippen molar-refractivity contribution in [3.8, 4) is 17.2 Å². The summed E-state index contributed by atoms with van der Waals surface area (Å²) < 4.78 is 0. The van der Waals surface area contributed by atoms with Crippen molar-refractivity contribution in [3.63, 3.8) is 0 Å². The first-order valence-electron chi connectivity index (χ1n) is 6.95. The molecule has 0 aliphatic carbocycles. The maximum Gasteiger partial charge on any atom is 0.337 e. The number of aryl methyl sites for hydroxylation is 1. The first-order chi connectivity index (χ1) is 11.4. The molecule has 5 N–H and O–H groups in total. The number of hydrogen-bond acceptors (Lipinski definition) is 5. The molecule has 0 spiro atoms. The average Bonchev–Trinajstić information content (AvgIpc) is 2.56. The molecular formula is C17H15N5O2. The van der Waals surface area contributed by atoms with Crippen LogP contribution in [0.25, 0.3) is 11.1 Å². The van der Waals surface area contributed by atoms with Crippen molar-refractivity contribution >= 4 is 23.2 Å². The van der Waals surface area contributed by atoms with Crippen LogP contribution in [0.3, 0.4) is 0 Å². The molecule has 0 radical (unpaired) electrons. The van der Waals surface area contributed by atoms with Gasteiger partial charge in [0.05, 0.1) is 11.3 Å². The van der Waals surface area contributed by atoms with Gasteiger partial charge in [0, 0.05) is 0 Å². The summed E-state index contributed by atoms with van der Waals surface area (Å²) >= 11 is 0. The van der Waals surface area contributed by atoms with Gasteiger partial charge in [0.15, 0.2) is 5.84 Å². The molecule has 0 aromatic heterocycles. The fourth-order valence-electron chi connectivity index (χ4n) is 2.01. The van der Waals surface area contributed by atoms with Crippen LogP contribution in [0, 0.1) is 23.7 Å². The zero-order valence-corrected chi connectivity index (χ0v) is 12.9. The Hall–Kier alpha value is -3.66. The summed E-state index contributed by atoms with van der Waals surface area (Å²) in [5.74, 6) is -1.64. The number of amidine groups is 1. The molecule has 0 aliphatic heterocycles. The van der Waals surface area contributed by atoms with E-state index in [4.69, 9.17) is 16.4 Å². The van der Waals surface area contributed by atoms with Crippen molar-refractivity contribution in [1.82, 2.24) is 0 Å². The highest BCUT2D eigenvalue weighted by molar-refractivity contribution is 6.45. The van der Waals surface area contributed by atoms with Crippen molar-refractivity contribution < 1.29 is 9.90 Å². The quantitative estimate of drug-likeness (QED) is 0.381. The number of aromatic carboxylic acids is 1. The van der Waals surface area contributed by atoms with E-state index in [1.165, 1.54) is 6.07 Å². The zero-order valence-electron chi connectivity index (χ0n) is 12.9. The second-order valence-corrected chi connectivity index (χ2v) is 5.03. The second-order valence-electron chi connectivity index (χ2n) is 5.03. The van der Waals surface area contributed by atoms with Gasteiger partial charge in [-0.3, -0.25) is 10.8 Å². The number of nitrogens with zero attached hydrogens (tertiary/aromatic N) is 2. The Morgan fingerprint density at radius 3 is 2.42 bits per heavy atom. The molecule has 0 saturated carbocycles. The van der Waals surface area contributed by atoms with E-state index >= 15 is 0 Å². The van der Waals surface area contributed by atoms with Gasteiger partial charge in [0.1, 0.15) is 6.07 Å². The first kappa shape index (κ1) is 16.7. The molecular weight excluding hydrogens is 306 g/mol. The highest BCUT2D eigenvalue weighted by atomic mass is 16.4. The lowest BCUT2D eigenvalue weighted by molar-refractivity contribution is 0.0698. The van der Waals surface area contributed by atoms with E-state index in [1.54, 1.807) is 18.2 Å². The highest BCUT2D eigenvalue weighted by Gasteiger charge is 2.12. The summed E-state index contributed by atoms with van der Waals surface area (Å²) in [6, 6.07) is 14.2. The van der Waals surface area contributed by atoms with Gasteiger partial charge in [-0.05, 0) is 30.2 Å². The third-order valence-electron chi connectivity index (χ3n) is 3.28. The predicted octanol–water partition coefficient (Wildman–Crippen LogP) is 2.59. The van der Waals surface area contributed by atoms with E-state index in [9.17, 15) is 9.90 Å². The Morgan fingerprint density at radius 2 is 1.88 bits per heavy atom. The van der Waals surface area contributed by atoms with E-state index in [0.29, 0.717) is 0 Å². The Balaban J connectivity index is 2.41. The molecule has 2 aromatic rings.